The summed E-state index contributed by atoms with van der Waals surface area (Å²) in [5.74, 6) is -0.00867. The van der Waals surface area contributed by atoms with Crippen LogP contribution in [-0.4, -0.2) is 31.9 Å². The second kappa shape index (κ2) is 9.55. The van der Waals surface area contributed by atoms with E-state index < -0.39 is 0 Å². The van der Waals surface area contributed by atoms with Crippen molar-refractivity contribution < 1.29 is 4.79 Å². The van der Waals surface area contributed by atoms with Crippen molar-refractivity contribution in [3.8, 4) is 5.69 Å². The third-order valence-corrected chi connectivity index (χ3v) is 5.56. The molecule has 0 bridgehead atoms. The molecule has 0 saturated carbocycles. The molecular formula is C21H17BrN6OS. The Labute approximate surface area is 186 Å². The molecule has 4 rings (SSSR count). The Kier molecular flexibility index (Phi) is 6.41. The van der Waals surface area contributed by atoms with E-state index in [0.29, 0.717) is 5.16 Å². The molecule has 0 saturated heterocycles. The van der Waals surface area contributed by atoms with Crippen molar-refractivity contribution in [2.45, 2.75) is 5.16 Å². The van der Waals surface area contributed by atoms with Crippen molar-refractivity contribution in [3.63, 3.8) is 0 Å². The first-order valence-electron chi connectivity index (χ1n) is 9.07. The minimum Gasteiger partial charge on any atom is -0.272 e. The minimum atomic E-state index is -0.168. The van der Waals surface area contributed by atoms with Gasteiger partial charge in [0.25, 0.3) is 0 Å². The van der Waals surface area contributed by atoms with Crippen LogP contribution in [0.4, 0.5) is 11.4 Å². The van der Waals surface area contributed by atoms with E-state index in [1.807, 2.05) is 84.9 Å². The Hall–Kier alpha value is -3.17. The number of carbonyl (C=O) groups excluding carboxylic acids is 1. The average Bonchev–Trinajstić information content (AvgIpc) is 3.26. The van der Waals surface area contributed by atoms with E-state index in [4.69, 9.17) is 0 Å². The van der Waals surface area contributed by atoms with Gasteiger partial charge in [-0.2, -0.15) is 4.68 Å². The molecule has 1 aromatic heterocycles. The SMILES string of the molecule is O=C(CSc1nnnn1-c1ccc(Br)cc1)NN(c1ccccc1)c1ccccc1. The van der Waals surface area contributed by atoms with Crippen LogP contribution in [0, 0.1) is 0 Å². The summed E-state index contributed by atoms with van der Waals surface area (Å²) in [4.78, 5) is 12.7. The molecule has 1 amide bonds. The number of anilines is 2. The van der Waals surface area contributed by atoms with Gasteiger partial charge in [-0.05, 0) is 59.0 Å². The van der Waals surface area contributed by atoms with Gasteiger partial charge in [0.05, 0.1) is 22.8 Å². The molecular weight excluding hydrogens is 464 g/mol. The predicted molar refractivity (Wildman–Crippen MR) is 121 cm³/mol. The number of thioether (sulfide) groups is 1. The molecule has 30 heavy (non-hydrogen) atoms. The molecule has 0 aliphatic rings. The van der Waals surface area contributed by atoms with Crippen molar-refractivity contribution in [2.75, 3.05) is 10.8 Å². The number of rotatable bonds is 7. The van der Waals surface area contributed by atoms with E-state index in [1.54, 1.807) is 9.69 Å². The Morgan fingerprint density at radius 3 is 2.13 bits per heavy atom. The third kappa shape index (κ3) is 4.87. The molecule has 0 radical (unpaired) electrons. The lowest BCUT2D eigenvalue weighted by Gasteiger charge is -2.25. The van der Waals surface area contributed by atoms with Crippen molar-refractivity contribution >= 4 is 45.0 Å². The van der Waals surface area contributed by atoms with Gasteiger partial charge in [-0.3, -0.25) is 15.2 Å². The van der Waals surface area contributed by atoms with E-state index >= 15 is 0 Å². The van der Waals surface area contributed by atoms with Crippen molar-refractivity contribution in [3.05, 3.63) is 89.4 Å². The summed E-state index contributed by atoms with van der Waals surface area (Å²) in [6, 6.07) is 27.0. The largest absolute Gasteiger partial charge is 0.272 e. The number of hydrogen-bond donors (Lipinski definition) is 1. The molecule has 1 N–H and O–H groups in total. The van der Waals surface area contributed by atoms with Crippen LogP contribution in [0.1, 0.15) is 0 Å². The minimum absolute atomic E-state index is 0.160. The molecule has 4 aromatic rings. The molecule has 0 aliphatic carbocycles. The van der Waals surface area contributed by atoms with Gasteiger partial charge in [0, 0.05) is 4.47 Å². The lowest BCUT2D eigenvalue weighted by molar-refractivity contribution is -0.118. The maximum atomic E-state index is 12.7. The summed E-state index contributed by atoms with van der Waals surface area (Å²) in [7, 11) is 0. The molecule has 9 heteroatoms. The fourth-order valence-electron chi connectivity index (χ4n) is 2.73. The number of halogens is 1. The number of nitrogens with zero attached hydrogens (tertiary/aromatic N) is 5. The van der Waals surface area contributed by atoms with Crippen LogP contribution in [0.15, 0.2) is 94.6 Å². The molecule has 0 fully saturated rings. The van der Waals surface area contributed by atoms with Crippen LogP contribution in [0.25, 0.3) is 5.69 Å². The Bertz CT molecular complexity index is 1070. The van der Waals surface area contributed by atoms with Gasteiger partial charge in [-0.25, -0.2) is 0 Å². The number of aromatic nitrogens is 4. The first-order valence-corrected chi connectivity index (χ1v) is 10.9. The third-order valence-electron chi connectivity index (χ3n) is 4.11. The summed E-state index contributed by atoms with van der Waals surface area (Å²) >= 11 is 4.68. The maximum Gasteiger partial charge on any atom is 0.249 e. The number of carbonyl (C=O) groups is 1. The zero-order valence-corrected chi connectivity index (χ0v) is 18.1. The van der Waals surface area contributed by atoms with Crippen LogP contribution in [0.5, 0.6) is 0 Å². The molecule has 7 nitrogen and oxygen atoms in total. The lowest BCUT2D eigenvalue weighted by atomic mass is 10.2. The summed E-state index contributed by atoms with van der Waals surface area (Å²) in [5, 5.41) is 14.1. The fraction of sp³-hybridized carbons (Fsp3) is 0.0476. The number of benzene rings is 3. The number of tetrazole rings is 1. The second-order valence-corrected chi connectivity index (χ2v) is 8.04. The molecule has 1 heterocycles. The van der Waals surface area contributed by atoms with Gasteiger partial charge in [0.1, 0.15) is 0 Å². The van der Waals surface area contributed by atoms with Gasteiger partial charge in [-0.15, -0.1) is 5.10 Å². The molecule has 0 atom stereocenters. The van der Waals surface area contributed by atoms with E-state index in [0.717, 1.165) is 21.5 Å². The summed E-state index contributed by atoms with van der Waals surface area (Å²) in [6.07, 6.45) is 0. The number of amides is 1. The number of nitrogens with one attached hydrogen (secondary N) is 1. The number of hydrazine groups is 1. The van der Waals surface area contributed by atoms with Crippen molar-refractivity contribution in [1.82, 2.24) is 25.6 Å². The van der Waals surface area contributed by atoms with Crippen LogP contribution >= 0.6 is 27.7 Å². The highest BCUT2D eigenvalue weighted by molar-refractivity contribution is 9.10. The molecule has 0 spiro atoms. The predicted octanol–water partition coefficient (Wildman–Crippen LogP) is 4.39. The highest BCUT2D eigenvalue weighted by Gasteiger charge is 2.15. The first-order chi connectivity index (χ1) is 14.7. The zero-order chi connectivity index (χ0) is 20.8. The highest BCUT2D eigenvalue weighted by Crippen LogP contribution is 2.23. The van der Waals surface area contributed by atoms with Gasteiger partial charge in [0.15, 0.2) is 0 Å². The maximum absolute atomic E-state index is 12.7. The van der Waals surface area contributed by atoms with E-state index in [9.17, 15) is 4.79 Å². The normalized spacial score (nSPS) is 10.6. The Balaban J connectivity index is 1.46. The summed E-state index contributed by atoms with van der Waals surface area (Å²) in [5.41, 5.74) is 5.51. The smallest absolute Gasteiger partial charge is 0.249 e. The quantitative estimate of drug-likeness (QED) is 0.312. The average molecular weight is 481 g/mol. The lowest BCUT2D eigenvalue weighted by Crippen LogP contribution is -2.40. The molecule has 0 aliphatic heterocycles. The van der Waals surface area contributed by atoms with Gasteiger partial charge >= 0.3 is 0 Å². The monoisotopic (exact) mass is 480 g/mol. The van der Waals surface area contributed by atoms with Gasteiger partial charge in [0.2, 0.25) is 11.1 Å². The number of para-hydroxylation sites is 2. The van der Waals surface area contributed by atoms with Crippen molar-refractivity contribution in [2.24, 2.45) is 0 Å². The van der Waals surface area contributed by atoms with E-state index in [-0.39, 0.29) is 11.7 Å². The van der Waals surface area contributed by atoms with Crippen LogP contribution in [-0.2, 0) is 4.79 Å². The summed E-state index contributed by atoms with van der Waals surface area (Å²) in [6.45, 7) is 0. The first kappa shape index (κ1) is 20.1. The zero-order valence-electron chi connectivity index (χ0n) is 15.7. The van der Waals surface area contributed by atoms with Gasteiger partial charge in [-0.1, -0.05) is 64.1 Å². The Morgan fingerprint density at radius 2 is 1.53 bits per heavy atom. The second-order valence-electron chi connectivity index (χ2n) is 6.18. The highest BCUT2D eigenvalue weighted by atomic mass is 79.9. The summed E-state index contributed by atoms with van der Waals surface area (Å²) < 4.78 is 2.58. The van der Waals surface area contributed by atoms with Crippen LogP contribution in [0.2, 0.25) is 0 Å². The topological polar surface area (TPSA) is 75.9 Å². The molecule has 150 valence electrons. The van der Waals surface area contributed by atoms with Crippen LogP contribution < -0.4 is 10.4 Å². The van der Waals surface area contributed by atoms with Crippen LogP contribution in [0.3, 0.4) is 0 Å². The Morgan fingerprint density at radius 1 is 0.933 bits per heavy atom. The fourth-order valence-corrected chi connectivity index (χ4v) is 3.68. The van der Waals surface area contributed by atoms with E-state index in [2.05, 4.69) is 36.9 Å². The number of hydrogen-bond acceptors (Lipinski definition) is 6. The van der Waals surface area contributed by atoms with Crippen molar-refractivity contribution in [1.29, 1.82) is 0 Å². The standard InChI is InChI=1S/C21H17BrN6OS/c22-16-11-13-19(14-12-16)28-21(23-25-26-28)30-15-20(29)24-27(17-7-3-1-4-8-17)18-9-5-2-6-10-18/h1-14H,15H2,(H,24,29). The molecule has 3 aromatic carbocycles. The molecule has 0 unspecified atom stereocenters. The van der Waals surface area contributed by atoms with Gasteiger partial charge < -0.3 is 0 Å². The van der Waals surface area contributed by atoms with E-state index in [1.165, 1.54) is 11.8 Å².